The van der Waals surface area contributed by atoms with Crippen LogP contribution in [0, 0.1) is 71.0 Å². The Morgan fingerprint density at radius 1 is 0.457 bits per heavy atom. The lowest BCUT2D eigenvalue weighted by Gasteiger charge is -2.20. The minimum atomic E-state index is 0.0303. The maximum atomic E-state index is 11.4. The van der Waals surface area contributed by atoms with Gasteiger partial charge in [0.15, 0.2) is 17.5 Å². The van der Waals surface area contributed by atoms with Crippen LogP contribution in [0.5, 0.6) is 28.7 Å². The Labute approximate surface area is 420 Å². The van der Waals surface area contributed by atoms with E-state index in [0.717, 1.165) is 95.2 Å². The molecule has 1 heterocycles. The number of hydrogen-bond acceptors (Lipinski definition) is 8. The second-order valence-electron chi connectivity index (χ2n) is 23.5. The van der Waals surface area contributed by atoms with Crippen LogP contribution in [0.1, 0.15) is 168 Å². The molecule has 6 saturated carbocycles. The Hall–Kier alpha value is -4.33. The van der Waals surface area contributed by atoms with Gasteiger partial charge in [-0.1, -0.05) is 78.1 Å². The number of rotatable bonds is 22. The summed E-state index contributed by atoms with van der Waals surface area (Å²) in [6.07, 6.45) is 33.3. The minimum absolute atomic E-state index is 0.0303. The van der Waals surface area contributed by atoms with Gasteiger partial charge in [0.05, 0.1) is 31.5 Å². The molecule has 0 spiro atoms. The van der Waals surface area contributed by atoms with Crippen molar-refractivity contribution in [2.45, 2.75) is 168 Å². The zero-order chi connectivity index (χ0) is 48.0. The van der Waals surface area contributed by atoms with E-state index in [1.165, 1.54) is 141 Å². The van der Waals surface area contributed by atoms with Crippen LogP contribution in [0.3, 0.4) is 0 Å². The fraction of sp³-hybridized carbons (Fsp3) is 0.661. The lowest BCUT2D eigenvalue weighted by Crippen LogP contribution is -2.11. The van der Waals surface area contributed by atoms with Gasteiger partial charge in [0, 0.05) is 17.7 Å². The Bertz CT molecular complexity index is 2180. The summed E-state index contributed by atoms with van der Waals surface area (Å²) in [4.78, 5) is 14.5. The molecule has 0 amide bonds. The molecule has 2 N–H and O–H groups in total. The van der Waals surface area contributed by atoms with E-state index in [0.29, 0.717) is 53.3 Å². The van der Waals surface area contributed by atoms with Crippen molar-refractivity contribution in [1.29, 1.82) is 0 Å². The van der Waals surface area contributed by atoms with Crippen molar-refractivity contribution >= 4 is 0 Å². The number of benzene rings is 3. The number of methoxy groups -OCH3 is 1. The fourth-order valence-electron chi connectivity index (χ4n) is 16.0. The van der Waals surface area contributed by atoms with Gasteiger partial charge in [-0.15, -0.1) is 0 Å². The highest BCUT2D eigenvalue weighted by molar-refractivity contribution is 5.73. The Kier molecular flexibility index (Phi) is 16.2. The van der Waals surface area contributed by atoms with Crippen LogP contribution in [0.15, 0.2) is 60.7 Å². The van der Waals surface area contributed by atoms with Gasteiger partial charge in [-0.2, -0.15) is 0 Å². The number of ether oxygens (including phenoxy) is 3. The smallest absolute Gasteiger partial charge is 0.167 e. The molecular weight excluding hydrogens is 867 g/mol. The third kappa shape index (κ3) is 11.5. The average molecular weight is 952 g/mol. The van der Waals surface area contributed by atoms with Gasteiger partial charge in [-0.25, -0.2) is 15.0 Å². The van der Waals surface area contributed by atoms with Crippen LogP contribution in [0.4, 0.5) is 0 Å². The molecule has 378 valence electrons. The third-order valence-electron chi connectivity index (χ3n) is 19.6. The van der Waals surface area contributed by atoms with Crippen LogP contribution < -0.4 is 14.2 Å². The second kappa shape index (κ2) is 23.0. The minimum Gasteiger partial charge on any atom is -0.507 e. The van der Waals surface area contributed by atoms with E-state index in [2.05, 4.69) is 13.8 Å². The molecule has 8 heteroatoms. The van der Waals surface area contributed by atoms with Gasteiger partial charge < -0.3 is 24.4 Å². The van der Waals surface area contributed by atoms with Crippen LogP contribution in [-0.4, -0.2) is 45.5 Å². The second-order valence-corrected chi connectivity index (χ2v) is 23.5. The van der Waals surface area contributed by atoms with E-state index >= 15 is 0 Å². The molecule has 12 unspecified atom stereocenters. The summed E-state index contributed by atoms with van der Waals surface area (Å²) in [6, 6.07) is 18.3. The predicted molar refractivity (Wildman–Crippen MR) is 281 cm³/mol. The Balaban J connectivity index is 0.710. The molecule has 0 saturated heterocycles. The van der Waals surface area contributed by atoms with E-state index in [1.807, 2.05) is 48.5 Å². The first-order valence-corrected chi connectivity index (χ1v) is 28.6. The first kappa shape index (κ1) is 49.3. The number of aromatic hydroxyl groups is 2. The van der Waals surface area contributed by atoms with E-state index in [1.54, 1.807) is 19.2 Å². The maximum Gasteiger partial charge on any atom is 0.167 e. The van der Waals surface area contributed by atoms with Crippen molar-refractivity contribution in [2.24, 2.45) is 71.0 Å². The quantitative estimate of drug-likeness (QED) is 0.0750. The van der Waals surface area contributed by atoms with Crippen LogP contribution >= 0.6 is 0 Å². The molecule has 70 heavy (non-hydrogen) atoms. The highest BCUT2D eigenvalue weighted by Crippen LogP contribution is 2.55. The molecular formula is C62H85N3O5. The highest BCUT2D eigenvalue weighted by Gasteiger charge is 2.45. The molecule has 8 nitrogen and oxygen atoms in total. The molecule has 0 aliphatic heterocycles. The molecule has 6 aliphatic carbocycles. The topological polar surface area (TPSA) is 107 Å². The lowest BCUT2D eigenvalue weighted by atomic mass is 9.85. The Morgan fingerprint density at radius 3 is 1.30 bits per heavy atom. The predicted octanol–water partition coefficient (Wildman–Crippen LogP) is 15.9. The number of aromatic nitrogens is 3. The van der Waals surface area contributed by atoms with Crippen molar-refractivity contribution in [1.82, 2.24) is 15.0 Å². The first-order valence-electron chi connectivity index (χ1n) is 28.6. The van der Waals surface area contributed by atoms with Crippen molar-refractivity contribution in [3.05, 3.63) is 60.7 Å². The lowest BCUT2D eigenvalue weighted by molar-refractivity contribution is 0.284. The first-order chi connectivity index (χ1) is 34.3. The van der Waals surface area contributed by atoms with Crippen LogP contribution in [-0.2, 0) is 0 Å². The van der Waals surface area contributed by atoms with E-state index < -0.39 is 0 Å². The number of phenolic OH excluding ortho intramolecular Hbond substituents is 2. The third-order valence-corrected chi connectivity index (χ3v) is 19.6. The van der Waals surface area contributed by atoms with Gasteiger partial charge in [-0.3, -0.25) is 0 Å². The molecule has 0 bridgehead atoms. The zero-order valence-electron chi connectivity index (χ0n) is 43.0. The average Bonchev–Trinajstić information content (AvgIpc) is 4.26. The van der Waals surface area contributed by atoms with E-state index in [4.69, 9.17) is 29.2 Å². The van der Waals surface area contributed by atoms with E-state index in [-0.39, 0.29) is 11.5 Å². The number of hydrogen-bond donors (Lipinski definition) is 2. The zero-order valence-corrected chi connectivity index (χ0v) is 43.0. The van der Waals surface area contributed by atoms with Crippen molar-refractivity contribution < 1.29 is 24.4 Å². The van der Waals surface area contributed by atoms with Crippen LogP contribution in [0.2, 0.25) is 0 Å². The summed E-state index contributed by atoms with van der Waals surface area (Å²) in [5.74, 6) is 14.7. The summed E-state index contributed by atoms with van der Waals surface area (Å²) in [5.41, 5.74) is 1.68. The summed E-state index contributed by atoms with van der Waals surface area (Å²) in [5, 5.41) is 22.8. The summed E-state index contributed by atoms with van der Waals surface area (Å²) < 4.78 is 17.8. The molecule has 0 radical (unpaired) electrons. The van der Waals surface area contributed by atoms with Crippen molar-refractivity contribution in [2.75, 3.05) is 20.3 Å². The molecule has 3 aromatic carbocycles. The molecule has 10 rings (SSSR count). The van der Waals surface area contributed by atoms with Gasteiger partial charge in [0.2, 0.25) is 0 Å². The SMILES string of the molecule is CCC1CC(CCC2CCC(CCCOc3ccc(-c4nc(-c5ccc(OC)cc5)nc(-c5ccc(OCCCC6CCC(CCC7CC(CC)C8CCCC78)C6)cc5O)n4)c(O)c3)C2)C2CCCC12. The van der Waals surface area contributed by atoms with E-state index in [9.17, 15) is 10.2 Å². The number of fused-ring (bicyclic) bond motifs is 2. The molecule has 1 aromatic heterocycles. The standard InChI is InChI=1S/C62H85N3O5/c1-4-44-36-47(54-14-6-12-52(44)54)22-20-42-18-16-40(34-42)10-8-32-69-50-28-30-56(58(66)38-50)61-63-60(46-24-26-49(68-3)27-25-46)64-62(65-61)57-31-29-51(39-59(57)67)70-33-9-11-41-17-19-43(35-41)21-23-48-37-45(5-2)53-13-7-15-55(48)53/h24-31,38-45,47-48,52-55,66-67H,4-23,32-37H2,1-3H3. The fourth-order valence-corrected chi connectivity index (χ4v) is 16.0. The number of phenols is 2. The largest absolute Gasteiger partial charge is 0.507 e. The number of nitrogens with zero attached hydrogens (tertiary/aromatic N) is 3. The van der Waals surface area contributed by atoms with Crippen molar-refractivity contribution in [3.63, 3.8) is 0 Å². The molecule has 12 atom stereocenters. The van der Waals surface area contributed by atoms with Gasteiger partial charge in [0.1, 0.15) is 28.7 Å². The monoisotopic (exact) mass is 952 g/mol. The molecule has 4 aromatic rings. The highest BCUT2D eigenvalue weighted by atomic mass is 16.5. The summed E-state index contributed by atoms with van der Waals surface area (Å²) >= 11 is 0. The summed E-state index contributed by atoms with van der Waals surface area (Å²) in [6.45, 7) is 6.10. The maximum absolute atomic E-state index is 11.4. The summed E-state index contributed by atoms with van der Waals surface area (Å²) in [7, 11) is 1.64. The molecule has 6 aliphatic rings. The van der Waals surface area contributed by atoms with Crippen molar-refractivity contribution in [3.8, 4) is 62.9 Å². The van der Waals surface area contributed by atoms with Crippen LogP contribution in [0.25, 0.3) is 34.2 Å². The Morgan fingerprint density at radius 2 is 0.871 bits per heavy atom. The van der Waals surface area contributed by atoms with Gasteiger partial charge >= 0.3 is 0 Å². The molecule has 6 fully saturated rings. The van der Waals surface area contributed by atoms with Gasteiger partial charge in [-0.05, 0) is 209 Å². The normalized spacial score (nSPS) is 30.2. The van der Waals surface area contributed by atoms with Gasteiger partial charge in [0.25, 0.3) is 0 Å².